The van der Waals surface area contributed by atoms with Gasteiger partial charge in [0.1, 0.15) is 11.5 Å². The molecule has 2 N–H and O–H groups in total. The fourth-order valence-electron chi connectivity index (χ4n) is 2.12. The Balaban J connectivity index is 2.30. The molecule has 0 spiro atoms. The van der Waals surface area contributed by atoms with Crippen LogP contribution in [0.2, 0.25) is 0 Å². The van der Waals surface area contributed by atoms with Crippen molar-refractivity contribution >= 4 is 0 Å². The lowest BCUT2D eigenvalue weighted by Crippen LogP contribution is -2.15. The van der Waals surface area contributed by atoms with Gasteiger partial charge in [-0.05, 0) is 30.2 Å². The highest BCUT2D eigenvalue weighted by Gasteiger charge is 2.17. The van der Waals surface area contributed by atoms with Crippen LogP contribution >= 0.6 is 0 Å². The molecule has 4 nitrogen and oxygen atoms in total. The van der Waals surface area contributed by atoms with Crippen LogP contribution in [0.5, 0.6) is 11.5 Å². The van der Waals surface area contributed by atoms with Gasteiger partial charge in [0.25, 0.3) is 0 Å². The summed E-state index contributed by atoms with van der Waals surface area (Å²) in [5.74, 6) is 1.49. The summed E-state index contributed by atoms with van der Waals surface area (Å²) in [6, 6.07) is 9.38. The van der Waals surface area contributed by atoms with E-state index in [-0.39, 0.29) is 6.04 Å². The smallest absolute Gasteiger partial charge is 0.127 e. The first kappa shape index (κ1) is 13.4. The highest BCUT2D eigenvalue weighted by Crippen LogP contribution is 2.34. The number of benzene rings is 1. The topological polar surface area (TPSA) is 57.4 Å². The van der Waals surface area contributed by atoms with E-state index in [9.17, 15) is 0 Å². The summed E-state index contributed by atoms with van der Waals surface area (Å²) in [5, 5.41) is 0. The zero-order valence-corrected chi connectivity index (χ0v) is 11.2. The third-order valence-corrected chi connectivity index (χ3v) is 3.02. The molecule has 2 aromatic rings. The number of nitrogens with zero attached hydrogens (tertiary/aromatic N) is 1. The quantitative estimate of drug-likeness (QED) is 0.894. The van der Waals surface area contributed by atoms with Gasteiger partial charge < -0.3 is 15.2 Å². The molecule has 0 fully saturated rings. The lowest BCUT2D eigenvalue weighted by Gasteiger charge is -2.18. The van der Waals surface area contributed by atoms with Crippen molar-refractivity contribution in [3.8, 4) is 11.5 Å². The van der Waals surface area contributed by atoms with E-state index in [4.69, 9.17) is 15.2 Å². The molecule has 19 heavy (non-hydrogen) atoms. The molecule has 2 rings (SSSR count). The predicted octanol–water partition coefficient (Wildman–Crippen LogP) is 2.34. The first-order valence-electron chi connectivity index (χ1n) is 6.11. The van der Waals surface area contributed by atoms with Crippen LogP contribution in [-0.2, 0) is 6.42 Å². The summed E-state index contributed by atoms with van der Waals surface area (Å²) in [6.07, 6.45) is 4.25. The molecule has 0 aliphatic heterocycles. The number of rotatable bonds is 5. The first-order chi connectivity index (χ1) is 9.26. The highest BCUT2D eigenvalue weighted by atomic mass is 16.5. The van der Waals surface area contributed by atoms with Crippen LogP contribution in [0.4, 0.5) is 0 Å². The molecule has 1 aromatic heterocycles. The van der Waals surface area contributed by atoms with Crippen LogP contribution in [0.3, 0.4) is 0 Å². The molecule has 1 heterocycles. The van der Waals surface area contributed by atoms with Gasteiger partial charge >= 0.3 is 0 Å². The standard InChI is InChI=1S/C15H18N2O2/c1-18-13-6-3-7-14(19-2)15(13)12(16)9-11-5-4-8-17-10-11/h3-8,10,12H,9,16H2,1-2H3. The summed E-state index contributed by atoms with van der Waals surface area (Å²) < 4.78 is 10.7. The summed E-state index contributed by atoms with van der Waals surface area (Å²) >= 11 is 0. The SMILES string of the molecule is COc1cccc(OC)c1C(N)Cc1cccnc1. The molecule has 4 heteroatoms. The molecule has 100 valence electrons. The fraction of sp³-hybridized carbons (Fsp3) is 0.267. The Kier molecular flexibility index (Phi) is 4.36. The fourth-order valence-corrected chi connectivity index (χ4v) is 2.12. The van der Waals surface area contributed by atoms with Gasteiger partial charge in [-0.1, -0.05) is 12.1 Å². The Bertz CT molecular complexity index is 507. The van der Waals surface area contributed by atoms with E-state index < -0.39 is 0 Å². The molecule has 0 bridgehead atoms. The van der Waals surface area contributed by atoms with Crippen LogP contribution in [0, 0.1) is 0 Å². The first-order valence-corrected chi connectivity index (χ1v) is 6.11. The number of nitrogens with two attached hydrogens (primary N) is 1. The van der Waals surface area contributed by atoms with Gasteiger partial charge in [-0.25, -0.2) is 0 Å². The second-order valence-electron chi connectivity index (χ2n) is 4.25. The Labute approximate surface area is 113 Å². The third kappa shape index (κ3) is 3.03. The van der Waals surface area contributed by atoms with Crippen LogP contribution in [0.15, 0.2) is 42.7 Å². The van der Waals surface area contributed by atoms with Crippen molar-refractivity contribution in [2.24, 2.45) is 5.73 Å². The summed E-state index contributed by atoms with van der Waals surface area (Å²) in [7, 11) is 3.27. The van der Waals surface area contributed by atoms with Crippen LogP contribution in [0.1, 0.15) is 17.2 Å². The molecule has 0 aliphatic carbocycles. The second-order valence-corrected chi connectivity index (χ2v) is 4.25. The number of aromatic nitrogens is 1. The number of hydrogen-bond acceptors (Lipinski definition) is 4. The number of ether oxygens (including phenoxy) is 2. The second kappa shape index (κ2) is 6.20. The minimum atomic E-state index is -0.199. The minimum Gasteiger partial charge on any atom is -0.496 e. The number of methoxy groups -OCH3 is 2. The highest BCUT2D eigenvalue weighted by molar-refractivity contribution is 5.47. The van der Waals surface area contributed by atoms with E-state index in [1.165, 1.54) is 0 Å². The molecule has 0 saturated heterocycles. The lowest BCUT2D eigenvalue weighted by atomic mass is 9.99. The zero-order valence-electron chi connectivity index (χ0n) is 11.2. The average Bonchev–Trinajstić information content (AvgIpc) is 2.47. The maximum Gasteiger partial charge on any atom is 0.127 e. The number of hydrogen-bond donors (Lipinski definition) is 1. The van der Waals surface area contributed by atoms with E-state index in [0.29, 0.717) is 6.42 Å². The van der Waals surface area contributed by atoms with Gasteiger partial charge in [0, 0.05) is 18.4 Å². The maximum absolute atomic E-state index is 6.29. The Morgan fingerprint density at radius 2 is 1.79 bits per heavy atom. The summed E-state index contributed by atoms with van der Waals surface area (Å²) in [5.41, 5.74) is 8.26. The Morgan fingerprint density at radius 1 is 1.11 bits per heavy atom. The molecule has 0 aliphatic rings. The average molecular weight is 258 g/mol. The van der Waals surface area contributed by atoms with Gasteiger partial charge in [-0.2, -0.15) is 0 Å². The van der Waals surface area contributed by atoms with E-state index >= 15 is 0 Å². The molecule has 1 atom stereocenters. The van der Waals surface area contributed by atoms with Crippen molar-refractivity contribution in [3.05, 3.63) is 53.9 Å². The van der Waals surface area contributed by atoms with Crippen LogP contribution in [0.25, 0.3) is 0 Å². The minimum absolute atomic E-state index is 0.199. The van der Waals surface area contributed by atoms with Gasteiger partial charge in [-0.15, -0.1) is 0 Å². The van der Waals surface area contributed by atoms with Gasteiger partial charge in [0.05, 0.1) is 19.8 Å². The lowest BCUT2D eigenvalue weighted by molar-refractivity contribution is 0.379. The number of pyridine rings is 1. The van der Waals surface area contributed by atoms with Crippen LogP contribution in [-0.4, -0.2) is 19.2 Å². The maximum atomic E-state index is 6.29. The molecule has 1 unspecified atom stereocenters. The molecular formula is C15H18N2O2. The van der Waals surface area contributed by atoms with Crippen molar-refractivity contribution < 1.29 is 9.47 Å². The third-order valence-electron chi connectivity index (χ3n) is 3.02. The molecule has 0 amide bonds. The van der Waals surface area contributed by atoms with E-state index in [1.54, 1.807) is 20.4 Å². The van der Waals surface area contributed by atoms with Crippen molar-refractivity contribution in [2.75, 3.05) is 14.2 Å². The monoisotopic (exact) mass is 258 g/mol. The molecule has 1 aromatic carbocycles. The Morgan fingerprint density at radius 3 is 2.32 bits per heavy atom. The van der Waals surface area contributed by atoms with Gasteiger partial charge in [0.2, 0.25) is 0 Å². The van der Waals surface area contributed by atoms with Gasteiger partial charge in [-0.3, -0.25) is 4.98 Å². The van der Waals surface area contributed by atoms with Crippen molar-refractivity contribution in [1.29, 1.82) is 0 Å². The van der Waals surface area contributed by atoms with Crippen molar-refractivity contribution in [2.45, 2.75) is 12.5 Å². The molecular weight excluding hydrogens is 240 g/mol. The summed E-state index contributed by atoms with van der Waals surface area (Å²) in [6.45, 7) is 0. The van der Waals surface area contributed by atoms with Crippen LogP contribution < -0.4 is 15.2 Å². The summed E-state index contributed by atoms with van der Waals surface area (Å²) in [4.78, 5) is 4.10. The van der Waals surface area contributed by atoms with E-state index in [2.05, 4.69) is 4.98 Å². The van der Waals surface area contributed by atoms with Crippen molar-refractivity contribution in [1.82, 2.24) is 4.98 Å². The normalized spacial score (nSPS) is 11.9. The molecule has 0 radical (unpaired) electrons. The van der Waals surface area contributed by atoms with Gasteiger partial charge in [0.15, 0.2) is 0 Å². The van der Waals surface area contributed by atoms with Crippen molar-refractivity contribution in [3.63, 3.8) is 0 Å². The van der Waals surface area contributed by atoms with E-state index in [0.717, 1.165) is 22.6 Å². The Hall–Kier alpha value is -2.07. The van der Waals surface area contributed by atoms with E-state index in [1.807, 2.05) is 36.5 Å². The largest absolute Gasteiger partial charge is 0.496 e. The molecule has 0 saturated carbocycles. The zero-order chi connectivity index (χ0) is 13.7. The predicted molar refractivity (Wildman–Crippen MR) is 74.4 cm³/mol.